The summed E-state index contributed by atoms with van der Waals surface area (Å²) >= 11 is 0. The summed E-state index contributed by atoms with van der Waals surface area (Å²) in [7, 11) is 0. The molecule has 1 fully saturated rings. The van der Waals surface area contributed by atoms with Gasteiger partial charge in [0.1, 0.15) is 11.9 Å². The summed E-state index contributed by atoms with van der Waals surface area (Å²) in [6.45, 7) is 0. The molecular weight excluding hydrogens is 258 g/mol. The third-order valence-corrected chi connectivity index (χ3v) is 4.29. The molecule has 1 N–H and O–H groups in total. The van der Waals surface area contributed by atoms with Crippen molar-refractivity contribution in [3.8, 4) is 6.07 Å². The summed E-state index contributed by atoms with van der Waals surface area (Å²) in [6.07, 6.45) is 8.92. The second-order valence-electron chi connectivity index (χ2n) is 5.88. The summed E-state index contributed by atoms with van der Waals surface area (Å²) in [5.41, 5.74) is 1.60. The Kier molecular flexibility index (Phi) is 4.35. The predicted octanol–water partition coefficient (Wildman–Crippen LogP) is 4.63. The number of aromatic nitrogens is 1. The summed E-state index contributed by atoms with van der Waals surface area (Å²) in [4.78, 5) is 4.66. The largest absolute Gasteiger partial charge is 0.366 e. The van der Waals surface area contributed by atoms with E-state index in [-0.39, 0.29) is 0 Å². The first-order valence-corrected chi connectivity index (χ1v) is 7.93. The molecule has 0 unspecified atom stereocenters. The van der Waals surface area contributed by atoms with Gasteiger partial charge in [0.2, 0.25) is 0 Å². The Hall–Kier alpha value is -2.08. The second kappa shape index (κ2) is 6.58. The van der Waals surface area contributed by atoms with Crippen molar-refractivity contribution in [2.45, 2.75) is 51.0 Å². The van der Waals surface area contributed by atoms with Gasteiger partial charge in [-0.15, -0.1) is 0 Å². The average molecular weight is 279 g/mol. The molecule has 1 aliphatic carbocycles. The van der Waals surface area contributed by atoms with Gasteiger partial charge in [-0.25, -0.2) is 4.98 Å². The van der Waals surface area contributed by atoms with Crippen LogP contribution in [0.3, 0.4) is 0 Å². The van der Waals surface area contributed by atoms with Gasteiger partial charge in [0.25, 0.3) is 0 Å². The number of hydrogen-bond donors (Lipinski definition) is 1. The van der Waals surface area contributed by atoms with Gasteiger partial charge in [-0.1, -0.05) is 50.3 Å². The van der Waals surface area contributed by atoms with Crippen LogP contribution in [0.5, 0.6) is 0 Å². The van der Waals surface area contributed by atoms with E-state index in [1.54, 1.807) is 0 Å². The number of benzene rings is 1. The molecule has 1 saturated carbocycles. The quantitative estimate of drug-likeness (QED) is 0.871. The maximum absolute atomic E-state index is 9.38. The fourth-order valence-corrected chi connectivity index (χ4v) is 3.11. The molecule has 3 heteroatoms. The Morgan fingerprint density at radius 1 is 1.05 bits per heavy atom. The molecule has 0 radical (unpaired) electrons. The van der Waals surface area contributed by atoms with Crippen LogP contribution in [0, 0.1) is 11.3 Å². The Morgan fingerprint density at radius 2 is 1.76 bits per heavy atom. The number of nitriles is 1. The maximum Gasteiger partial charge on any atom is 0.144 e. The van der Waals surface area contributed by atoms with Crippen molar-refractivity contribution in [1.82, 2.24) is 4.98 Å². The first-order chi connectivity index (χ1) is 10.4. The van der Waals surface area contributed by atoms with Gasteiger partial charge in [0, 0.05) is 11.4 Å². The van der Waals surface area contributed by atoms with Crippen LogP contribution in [0.25, 0.3) is 10.9 Å². The highest BCUT2D eigenvalue weighted by Gasteiger charge is 2.14. The number of fused-ring (bicyclic) bond motifs is 1. The van der Waals surface area contributed by atoms with E-state index in [9.17, 15) is 5.26 Å². The van der Waals surface area contributed by atoms with E-state index in [2.05, 4.69) is 16.4 Å². The van der Waals surface area contributed by atoms with Crippen LogP contribution in [-0.2, 0) is 0 Å². The molecule has 0 amide bonds. The molecule has 1 aromatic heterocycles. The number of rotatable bonds is 2. The number of para-hydroxylation sites is 1. The smallest absolute Gasteiger partial charge is 0.144 e. The van der Waals surface area contributed by atoms with Gasteiger partial charge in [0.15, 0.2) is 0 Å². The summed E-state index contributed by atoms with van der Waals surface area (Å²) in [5.74, 6) is 0.752. The minimum Gasteiger partial charge on any atom is -0.366 e. The number of nitrogens with zero attached hydrogens (tertiary/aromatic N) is 2. The number of anilines is 1. The van der Waals surface area contributed by atoms with Crippen molar-refractivity contribution in [2.75, 3.05) is 5.32 Å². The topological polar surface area (TPSA) is 48.7 Å². The van der Waals surface area contributed by atoms with Crippen LogP contribution in [0.1, 0.15) is 50.5 Å². The number of hydrogen-bond acceptors (Lipinski definition) is 3. The fraction of sp³-hybridized carbons (Fsp3) is 0.444. The van der Waals surface area contributed by atoms with Gasteiger partial charge >= 0.3 is 0 Å². The van der Waals surface area contributed by atoms with Crippen molar-refractivity contribution in [3.05, 3.63) is 35.9 Å². The molecule has 0 spiro atoms. The van der Waals surface area contributed by atoms with E-state index >= 15 is 0 Å². The van der Waals surface area contributed by atoms with Crippen LogP contribution in [0.4, 0.5) is 5.82 Å². The summed E-state index contributed by atoms with van der Waals surface area (Å²) in [5, 5.41) is 13.9. The zero-order valence-electron chi connectivity index (χ0n) is 12.3. The average Bonchev–Trinajstić information content (AvgIpc) is 2.49. The number of pyridine rings is 1. The molecule has 3 nitrogen and oxygen atoms in total. The van der Waals surface area contributed by atoms with Crippen molar-refractivity contribution >= 4 is 16.7 Å². The predicted molar refractivity (Wildman–Crippen MR) is 86.2 cm³/mol. The molecule has 2 aromatic rings. The molecular formula is C18H21N3. The SMILES string of the molecule is N#Cc1cc2ccccc2nc1NC1CCCCCCC1. The van der Waals surface area contributed by atoms with Gasteiger partial charge in [-0.05, 0) is 25.0 Å². The van der Waals surface area contributed by atoms with Gasteiger partial charge < -0.3 is 5.32 Å². The molecule has 108 valence electrons. The van der Waals surface area contributed by atoms with E-state index in [4.69, 9.17) is 0 Å². The first-order valence-electron chi connectivity index (χ1n) is 7.93. The van der Waals surface area contributed by atoms with Crippen LogP contribution in [0.15, 0.2) is 30.3 Å². The minimum absolute atomic E-state index is 0.450. The van der Waals surface area contributed by atoms with E-state index in [1.807, 2.05) is 30.3 Å². The lowest BCUT2D eigenvalue weighted by Crippen LogP contribution is -2.21. The van der Waals surface area contributed by atoms with Crippen molar-refractivity contribution in [2.24, 2.45) is 0 Å². The second-order valence-corrected chi connectivity index (χ2v) is 5.88. The van der Waals surface area contributed by atoms with Crippen LogP contribution in [-0.4, -0.2) is 11.0 Å². The highest BCUT2D eigenvalue weighted by Crippen LogP contribution is 2.24. The first kappa shape index (κ1) is 13.9. The Balaban J connectivity index is 1.86. The Bertz CT molecular complexity index is 649. The van der Waals surface area contributed by atoms with Crippen LogP contribution < -0.4 is 5.32 Å². The monoisotopic (exact) mass is 279 g/mol. The van der Waals surface area contributed by atoms with Crippen molar-refractivity contribution in [3.63, 3.8) is 0 Å². The van der Waals surface area contributed by atoms with Gasteiger partial charge in [-0.3, -0.25) is 0 Å². The lowest BCUT2D eigenvalue weighted by atomic mass is 9.96. The van der Waals surface area contributed by atoms with Crippen LogP contribution in [0.2, 0.25) is 0 Å². The zero-order valence-corrected chi connectivity index (χ0v) is 12.3. The van der Waals surface area contributed by atoms with Crippen molar-refractivity contribution in [1.29, 1.82) is 5.26 Å². The third-order valence-electron chi connectivity index (χ3n) is 4.29. The Labute approximate surface area is 126 Å². The third kappa shape index (κ3) is 3.33. The molecule has 1 aliphatic rings. The van der Waals surface area contributed by atoms with Gasteiger partial charge in [0.05, 0.1) is 11.1 Å². The lowest BCUT2D eigenvalue weighted by Gasteiger charge is -2.22. The minimum atomic E-state index is 0.450. The lowest BCUT2D eigenvalue weighted by molar-refractivity contribution is 0.471. The normalized spacial score (nSPS) is 16.9. The Morgan fingerprint density at radius 3 is 2.52 bits per heavy atom. The maximum atomic E-state index is 9.38. The summed E-state index contributed by atoms with van der Waals surface area (Å²) in [6, 6.07) is 12.6. The van der Waals surface area contributed by atoms with Gasteiger partial charge in [-0.2, -0.15) is 5.26 Å². The van der Waals surface area contributed by atoms with E-state index in [0.29, 0.717) is 11.6 Å². The molecule has 1 aromatic carbocycles. The molecule has 21 heavy (non-hydrogen) atoms. The highest BCUT2D eigenvalue weighted by molar-refractivity contribution is 5.82. The van der Waals surface area contributed by atoms with Crippen LogP contribution >= 0.6 is 0 Å². The molecule has 1 heterocycles. The van der Waals surface area contributed by atoms with E-state index < -0.39 is 0 Å². The molecule has 0 bridgehead atoms. The molecule has 0 atom stereocenters. The summed E-state index contributed by atoms with van der Waals surface area (Å²) < 4.78 is 0. The van der Waals surface area contributed by atoms with E-state index in [1.165, 1.54) is 44.9 Å². The molecule has 0 aliphatic heterocycles. The zero-order chi connectivity index (χ0) is 14.5. The highest BCUT2D eigenvalue weighted by atomic mass is 15.0. The standard InChI is InChI=1S/C18H21N3/c19-13-15-12-14-8-6-7-11-17(14)21-18(15)20-16-9-4-2-1-3-5-10-16/h6-8,11-12,16H,1-5,9-10H2,(H,20,21). The van der Waals surface area contributed by atoms with Crippen molar-refractivity contribution < 1.29 is 0 Å². The molecule has 3 rings (SSSR count). The molecule has 0 saturated heterocycles. The fourth-order valence-electron chi connectivity index (χ4n) is 3.11. The van der Waals surface area contributed by atoms with E-state index in [0.717, 1.165) is 16.7 Å². The number of nitrogens with one attached hydrogen (secondary N) is 1.